The molecular weight excluding hydrogens is 552 g/mol. The van der Waals surface area contributed by atoms with E-state index in [-0.39, 0.29) is 17.1 Å². The molecule has 2 nitrogen and oxygen atoms in total. The first-order valence-electron chi connectivity index (χ1n) is 11.6. The van der Waals surface area contributed by atoms with E-state index in [1.165, 1.54) is 15.9 Å². The van der Waals surface area contributed by atoms with Gasteiger partial charge in [-0.15, -0.1) is 0 Å². The molecule has 194 valence electrons. The predicted molar refractivity (Wildman–Crippen MR) is 150 cm³/mol. The van der Waals surface area contributed by atoms with Crippen LogP contribution < -0.4 is 15.9 Å². The van der Waals surface area contributed by atoms with E-state index in [2.05, 4.69) is 125 Å². The topological polar surface area (TPSA) is 25.8 Å². The van der Waals surface area contributed by atoms with Crippen LogP contribution in [0.1, 0.15) is 0 Å². The molecule has 0 saturated heterocycles. The van der Waals surface area contributed by atoms with Crippen LogP contribution in [0, 0.1) is 6.68 Å². The Kier molecular flexibility index (Phi) is 11.4. The molecule has 0 saturated carbocycles. The molecule has 38 heavy (non-hydrogen) atoms. The first-order valence-corrected chi connectivity index (χ1v) is 13.1. The zero-order valence-corrected chi connectivity index (χ0v) is 22.1. The summed E-state index contributed by atoms with van der Waals surface area (Å²) in [5, 5.41) is 6.58. The quantitative estimate of drug-likeness (QED) is 0.0958. The summed E-state index contributed by atoms with van der Waals surface area (Å²) in [6, 6.07) is 44.6. The maximum Gasteiger partial charge on any atom is 1.00 e. The molecule has 6 rings (SSSR count). The predicted octanol–water partition coefficient (Wildman–Crippen LogP) is 7.30. The normalized spacial score (nSPS) is 10.2. The third-order valence-electron chi connectivity index (χ3n) is 5.53. The Morgan fingerprint density at radius 3 is 1.08 bits per heavy atom. The van der Waals surface area contributed by atoms with Crippen LogP contribution in [0.3, 0.4) is 0 Å². The van der Waals surface area contributed by atoms with Crippen molar-refractivity contribution in [1.29, 1.82) is 0 Å². The maximum absolute atomic E-state index is 9.58. The van der Waals surface area contributed by atoms with E-state index in [9.17, 15) is 13.2 Å². The average Bonchev–Trinajstić information content (AvgIpc) is 2.95. The van der Waals surface area contributed by atoms with Crippen LogP contribution in [-0.4, -0.2) is 9.97 Å². The summed E-state index contributed by atoms with van der Waals surface area (Å²) in [6.45, 7) is -3.08. The summed E-state index contributed by atoms with van der Waals surface area (Å²) in [7, 11) is -0.877. The molecule has 0 atom stereocenters. The van der Waals surface area contributed by atoms with E-state index in [1.54, 1.807) is 12.4 Å². The van der Waals surface area contributed by atoms with E-state index in [0.29, 0.717) is 0 Å². The summed E-state index contributed by atoms with van der Waals surface area (Å²) < 4.78 is 28.8. The molecule has 0 aliphatic carbocycles. The average molecular weight is 576 g/mol. The number of rotatable bonds is 3. The van der Waals surface area contributed by atoms with Gasteiger partial charge < -0.3 is 13.2 Å². The molecule has 0 unspecified atom stereocenters. The Morgan fingerprint density at radius 2 is 0.763 bits per heavy atom. The van der Waals surface area contributed by atoms with Crippen LogP contribution >= 0.6 is 7.92 Å². The molecule has 4 aromatic carbocycles. The second-order valence-electron chi connectivity index (χ2n) is 7.90. The molecule has 6 aromatic rings. The number of hydrogen-bond acceptors (Lipinski definition) is 2. The van der Waals surface area contributed by atoms with Crippen LogP contribution in [0.2, 0.25) is 0 Å². The number of benzene rings is 4. The number of pyridine rings is 2. The number of halogens is 3. The molecule has 7 heteroatoms. The first kappa shape index (κ1) is 29.0. The largest absolute Gasteiger partial charge is 1.00 e. The minimum atomic E-state index is -3.08. The second-order valence-corrected chi connectivity index (χ2v) is 10.4. The molecule has 0 bridgehead atoms. The number of fused-ring (bicyclic) bond motifs is 3. The molecule has 2 heterocycles. The molecule has 0 spiro atoms. The molecule has 2 aromatic heterocycles. The third kappa shape index (κ3) is 7.97. The fraction of sp³-hybridized carbons (Fsp3) is 0. The minimum absolute atomic E-state index is 0. The summed E-state index contributed by atoms with van der Waals surface area (Å²) in [4.78, 5) is 8.69. The Hall–Kier alpha value is -3.56. The van der Waals surface area contributed by atoms with Crippen molar-refractivity contribution >= 4 is 45.6 Å². The van der Waals surface area contributed by atoms with Crippen LogP contribution in [0.4, 0.5) is 13.2 Å². The molecule has 0 N–H and O–H groups in total. The molecule has 0 radical (unpaired) electrons. The Morgan fingerprint density at radius 1 is 0.447 bits per heavy atom. The van der Waals surface area contributed by atoms with E-state index in [4.69, 9.17) is 0 Å². The summed E-state index contributed by atoms with van der Waals surface area (Å²) in [5.41, 5.74) is 1.95. The summed E-state index contributed by atoms with van der Waals surface area (Å²) in [6.07, 6.45) is 3.60. The van der Waals surface area contributed by atoms with E-state index in [0.717, 1.165) is 21.8 Å². The summed E-state index contributed by atoms with van der Waals surface area (Å²) in [5.74, 6) is 0. The van der Waals surface area contributed by atoms with Crippen LogP contribution in [0.15, 0.2) is 140 Å². The van der Waals surface area contributed by atoms with Crippen molar-refractivity contribution in [3.63, 3.8) is 0 Å². The van der Waals surface area contributed by atoms with Crippen LogP contribution in [-0.2, 0) is 17.1 Å². The number of nitrogens with zero attached hydrogens (tertiary/aromatic N) is 2. The van der Waals surface area contributed by atoms with Crippen LogP contribution in [0.5, 0.6) is 0 Å². The Balaban J connectivity index is 0.000000186. The van der Waals surface area contributed by atoms with Crippen molar-refractivity contribution in [3.05, 3.63) is 146 Å². The van der Waals surface area contributed by atoms with Crippen molar-refractivity contribution in [2.24, 2.45) is 0 Å². The van der Waals surface area contributed by atoms with E-state index < -0.39 is 14.6 Å². The van der Waals surface area contributed by atoms with Crippen molar-refractivity contribution in [3.8, 4) is 0 Å². The molecule has 0 aliphatic heterocycles. The van der Waals surface area contributed by atoms with Gasteiger partial charge in [-0.3, -0.25) is 9.97 Å². The van der Waals surface area contributed by atoms with Gasteiger partial charge in [0.15, 0.2) is 6.68 Å². The van der Waals surface area contributed by atoms with Gasteiger partial charge in [0.25, 0.3) is 0 Å². The smallest absolute Gasteiger partial charge is 0.385 e. The SMILES string of the molecule is F[C-](F)F.[Cu+].c1ccc([PH+](c2ccccc2)c2ccccc2)cc1.c1cnc2c(c1)ccc1cccnc12. The fourth-order valence-corrected chi connectivity index (χ4v) is 6.57. The van der Waals surface area contributed by atoms with Gasteiger partial charge >= 0.3 is 17.1 Å². The number of hydrogen-bond donors (Lipinski definition) is 0. The van der Waals surface area contributed by atoms with E-state index >= 15 is 0 Å². The van der Waals surface area contributed by atoms with Gasteiger partial charge in [-0.25, -0.2) is 0 Å². The third-order valence-corrected chi connectivity index (χ3v) is 8.26. The molecule has 0 amide bonds. The minimum Gasteiger partial charge on any atom is -0.385 e. The van der Waals surface area contributed by atoms with Crippen molar-refractivity contribution in [1.82, 2.24) is 9.97 Å². The fourth-order valence-electron chi connectivity index (χ4n) is 3.99. The van der Waals surface area contributed by atoms with Gasteiger partial charge in [0.2, 0.25) is 0 Å². The van der Waals surface area contributed by atoms with E-state index in [1.807, 2.05) is 12.1 Å². The van der Waals surface area contributed by atoms with Crippen molar-refractivity contribution in [2.45, 2.75) is 0 Å². The van der Waals surface area contributed by atoms with Crippen molar-refractivity contribution < 1.29 is 30.2 Å². The molecule has 0 fully saturated rings. The Labute approximate surface area is 231 Å². The van der Waals surface area contributed by atoms with Gasteiger partial charge in [0.05, 0.1) is 19.0 Å². The van der Waals surface area contributed by atoms with Gasteiger partial charge in [0, 0.05) is 23.2 Å². The van der Waals surface area contributed by atoms with Gasteiger partial charge in [-0.2, -0.15) is 0 Å². The standard InChI is InChI=1S/C18H15P.C12H8N2.CF3.Cu/c1-4-10-16(11-5-1)19(17-12-6-2-7-13-17)18-14-8-3-9-15-18;1-3-9-5-6-10-4-2-8-14-12(10)11(9)13-7-1;2-1(3)4;/h1-15H;1-8H;;/q;;-1;+1/p+1. The second kappa shape index (κ2) is 15.0. The van der Waals surface area contributed by atoms with Gasteiger partial charge in [-0.05, 0) is 48.5 Å². The first-order chi connectivity index (χ1) is 18.1. The van der Waals surface area contributed by atoms with Gasteiger partial charge in [-0.1, -0.05) is 78.9 Å². The monoisotopic (exact) mass is 575 g/mol. The van der Waals surface area contributed by atoms with Crippen LogP contribution in [0.25, 0.3) is 21.8 Å². The summed E-state index contributed by atoms with van der Waals surface area (Å²) >= 11 is 0. The van der Waals surface area contributed by atoms with Gasteiger partial charge in [0.1, 0.15) is 15.9 Å². The maximum atomic E-state index is 9.58. The Bertz CT molecular complexity index is 1370. The molecular formula is C31H24CuF3N2P+. The zero-order chi connectivity index (χ0) is 25.9. The van der Waals surface area contributed by atoms with Crippen molar-refractivity contribution in [2.75, 3.05) is 0 Å². The molecule has 0 aliphatic rings. The number of aromatic nitrogens is 2. The zero-order valence-electron chi connectivity index (χ0n) is 20.1.